The molecule has 0 aromatic heterocycles. The topological polar surface area (TPSA) is 20.2 Å². The van der Waals surface area contributed by atoms with Crippen LogP contribution in [-0.4, -0.2) is 11.7 Å². The van der Waals surface area contributed by atoms with E-state index in [1.54, 1.807) is 0 Å². The summed E-state index contributed by atoms with van der Waals surface area (Å²) in [6, 6.07) is 0. The molecule has 0 spiro atoms. The minimum Gasteiger partial charge on any atom is -0.396 e. The Hall–Kier alpha value is -0.560. The van der Waals surface area contributed by atoms with Crippen molar-refractivity contribution in [3.8, 4) is 0 Å². The number of aliphatic hydroxyl groups excluding tert-OH is 1. The van der Waals surface area contributed by atoms with E-state index in [1.165, 1.54) is 11.1 Å². The molecule has 0 aromatic rings. The van der Waals surface area contributed by atoms with Crippen LogP contribution in [0.2, 0.25) is 0 Å². The molecule has 11 heavy (non-hydrogen) atoms. The zero-order valence-corrected chi connectivity index (χ0v) is 7.72. The lowest BCUT2D eigenvalue weighted by molar-refractivity contribution is 0.299. The van der Waals surface area contributed by atoms with Crippen molar-refractivity contribution in [2.45, 2.75) is 33.6 Å². The number of allylic oxidation sites excluding steroid dienone is 3. The summed E-state index contributed by atoms with van der Waals surface area (Å²) >= 11 is 0. The fourth-order valence-electron chi connectivity index (χ4n) is 0.774. The number of hydrogen-bond acceptors (Lipinski definition) is 1. The van der Waals surface area contributed by atoms with Gasteiger partial charge in [0.25, 0.3) is 0 Å². The van der Waals surface area contributed by atoms with E-state index in [-0.39, 0.29) is 6.61 Å². The summed E-state index contributed by atoms with van der Waals surface area (Å²) in [6.45, 7) is 6.50. The molecule has 1 heteroatoms. The summed E-state index contributed by atoms with van der Waals surface area (Å²) in [7, 11) is 0. The molecule has 0 saturated carbocycles. The predicted octanol–water partition coefficient (Wildman–Crippen LogP) is 2.67. The lowest BCUT2D eigenvalue weighted by Crippen LogP contribution is -1.83. The van der Waals surface area contributed by atoms with Crippen molar-refractivity contribution in [1.82, 2.24) is 0 Å². The summed E-state index contributed by atoms with van der Waals surface area (Å²) < 4.78 is 0. The molecule has 0 rings (SSSR count). The van der Waals surface area contributed by atoms with Crippen LogP contribution in [0.1, 0.15) is 33.6 Å². The van der Waals surface area contributed by atoms with Crippen LogP contribution in [0.5, 0.6) is 0 Å². The normalized spacial score (nSPS) is 11.5. The van der Waals surface area contributed by atoms with Crippen molar-refractivity contribution in [1.29, 1.82) is 0 Å². The first-order valence-electron chi connectivity index (χ1n) is 4.06. The highest BCUT2D eigenvalue weighted by atomic mass is 16.2. The van der Waals surface area contributed by atoms with E-state index in [4.69, 9.17) is 5.11 Å². The molecule has 0 atom stereocenters. The number of rotatable bonds is 4. The first kappa shape index (κ1) is 10.4. The molecule has 0 bridgehead atoms. The van der Waals surface area contributed by atoms with Gasteiger partial charge in [0.05, 0.1) is 0 Å². The Labute approximate surface area is 69.4 Å². The molecule has 0 aliphatic carbocycles. The average Bonchev–Trinajstić information content (AvgIpc) is 1.87. The third-order valence-corrected chi connectivity index (χ3v) is 1.50. The van der Waals surface area contributed by atoms with Crippen molar-refractivity contribution in [2.75, 3.05) is 6.61 Å². The van der Waals surface area contributed by atoms with Crippen LogP contribution in [0.25, 0.3) is 0 Å². The van der Waals surface area contributed by atoms with E-state index in [9.17, 15) is 0 Å². The van der Waals surface area contributed by atoms with Gasteiger partial charge < -0.3 is 5.11 Å². The Morgan fingerprint density at radius 2 is 1.82 bits per heavy atom. The van der Waals surface area contributed by atoms with Crippen LogP contribution in [-0.2, 0) is 0 Å². The first-order valence-corrected chi connectivity index (χ1v) is 4.06. The zero-order chi connectivity index (χ0) is 8.69. The van der Waals surface area contributed by atoms with Crippen molar-refractivity contribution >= 4 is 0 Å². The Morgan fingerprint density at radius 1 is 1.18 bits per heavy atom. The van der Waals surface area contributed by atoms with Gasteiger partial charge in [0.15, 0.2) is 0 Å². The Morgan fingerprint density at radius 3 is 2.27 bits per heavy atom. The molecule has 1 nitrogen and oxygen atoms in total. The molecule has 0 radical (unpaired) electrons. The van der Waals surface area contributed by atoms with Crippen LogP contribution in [0.3, 0.4) is 0 Å². The second-order valence-electron chi connectivity index (χ2n) is 3.04. The average molecular weight is 154 g/mol. The van der Waals surface area contributed by atoms with Crippen LogP contribution in [0.15, 0.2) is 23.3 Å². The van der Waals surface area contributed by atoms with Crippen molar-refractivity contribution < 1.29 is 5.11 Å². The molecular weight excluding hydrogens is 136 g/mol. The molecule has 0 aromatic carbocycles. The predicted molar refractivity (Wildman–Crippen MR) is 49.5 cm³/mol. The van der Waals surface area contributed by atoms with Gasteiger partial charge >= 0.3 is 0 Å². The van der Waals surface area contributed by atoms with Crippen molar-refractivity contribution in [3.63, 3.8) is 0 Å². The van der Waals surface area contributed by atoms with Crippen LogP contribution < -0.4 is 0 Å². The fraction of sp³-hybridized carbons (Fsp3) is 0.600. The molecular formula is C10H18O. The Bertz CT molecular complexity index is 150. The Balaban J connectivity index is 3.64. The maximum atomic E-state index is 8.59. The van der Waals surface area contributed by atoms with Gasteiger partial charge in [0.2, 0.25) is 0 Å². The van der Waals surface area contributed by atoms with Gasteiger partial charge in [0, 0.05) is 6.61 Å². The summed E-state index contributed by atoms with van der Waals surface area (Å²) in [5, 5.41) is 8.59. The molecule has 0 aliphatic rings. The van der Waals surface area contributed by atoms with E-state index in [0.717, 1.165) is 12.8 Å². The second kappa shape index (κ2) is 6.17. The van der Waals surface area contributed by atoms with E-state index in [1.807, 2.05) is 0 Å². The Kier molecular flexibility index (Phi) is 5.86. The van der Waals surface area contributed by atoms with Crippen molar-refractivity contribution in [3.05, 3.63) is 23.3 Å². The molecule has 0 aliphatic heterocycles. The molecule has 0 heterocycles. The highest BCUT2D eigenvalue weighted by Crippen LogP contribution is 2.02. The minimum atomic E-state index is 0.261. The van der Waals surface area contributed by atoms with E-state index >= 15 is 0 Å². The van der Waals surface area contributed by atoms with Gasteiger partial charge in [0.1, 0.15) is 0 Å². The molecule has 0 fully saturated rings. The van der Waals surface area contributed by atoms with Crippen LogP contribution in [0.4, 0.5) is 0 Å². The third-order valence-electron chi connectivity index (χ3n) is 1.50. The molecule has 0 saturated heterocycles. The highest BCUT2D eigenvalue weighted by Gasteiger charge is 1.85. The monoisotopic (exact) mass is 154 g/mol. The maximum absolute atomic E-state index is 8.59. The smallest absolute Gasteiger partial charge is 0.0468 e. The molecule has 0 unspecified atom stereocenters. The highest BCUT2D eigenvalue weighted by molar-refractivity contribution is 5.04. The number of aliphatic hydroxyl groups is 1. The number of hydrogen-bond donors (Lipinski definition) is 1. The van der Waals surface area contributed by atoms with Gasteiger partial charge in [-0.05, 0) is 33.6 Å². The van der Waals surface area contributed by atoms with Gasteiger partial charge in [-0.2, -0.15) is 0 Å². The lowest BCUT2D eigenvalue weighted by atomic mass is 10.1. The van der Waals surface area contributed by atoms with Gasteiger partial charge in [-0.3, -0.25) is 0 Å². The summed E-state index contributed by atoms with van der Waals surface area (Å²) in [4.78, 5) is 0. The van der Waals surface area contributed by atoms with Crippen LogP contribution >= 0.6 is 0 Å². The molecule has 0 amide bonds. The SMILES string of the molecule is CC(C)=CCC=C(C)CCO. The van der Waals surface area contributed by atoms with E-state index < -0.39 is 0 Å². The summed E-state index contributed by atoms with van der Waals surface area (Å²) in [6.07, 6.45) is 6.13. The van der Waals surface area contributed by atoms with Gasteiger partial charge in [-0.1, -0.05) is 23.3 Å². The fourth-order valence-corrected chi connectivity index (χ4v) is 0.774. The van der Waals surface area contributed by atoms with E-state index in [0.29, 0.717) is 0 Å². The maximum Gasteiger partial charge on any atom is 0.0468 e. The van der Waals surface area contributed by atoms with Crippen molar-refractivity contribution in [2.24, 2.45) is 0 Å². The zero-order valence-electron chi connectivity index (χ0n) is 7.72. The van der Waals surface area contributed by atoms with Gasteiger partial charge in [-0.15, -0.1) is 0 Å². The third kappa shape index (κ3) is 7.34. The quantitative estimate of drug-likeness (QED) is 0.617. The lowest BCUT2D eigenvalue weighted by Gasteiger charge is -1.95. The second-order valence-corrected chi connectivity index (χ2v) is 3.04. The van der Waals surface area contributed by atoms with E-state index in [2.05, 4.69) is 32.9 Å². The minimum absolute atomic E-state index is 0.261. The molecule has 1 N–H and O–H groups in total. The molecule has 64 valence electrons. The van der Waals surface area contributed by atoms with Gasteiger partial charge in [-0.25, -0.2) is 0 Å². The largest absolute Gasteiger partial charge is 0.396 e. The summed E-state index contributed by atoms with van der Waals surface area (Å²) in [5.41, 5.74) is 2.61. The van der Waals surface area contributed by atoms with Crippen LogP contribution in [0, 0.1) is 0 Å². The first-order chi connectivity index (χ1) is 5.16. The standard InChI is InChI=1S/C10H18O/c1-9(2)5-4-6-10(3)7-8-11/h5-6,11H,4,7-8H2,1-3H3. The summed E-state index contributed by atoms with van der Waals surface area (Å²) in [5.74, 6) is 0.